The lowest BCUT2D eigenvalue weighted by molar-refractivity contribution is -0.126. The summed E-state index contributed by atoms with van der Waals surface area (Å²) >= 11 is 5.91. The third-order valence-electron chi connectivity index (χ3n) is 3.51. The van der Waals surface area contributed by atoms with Crippen molar-refractivity contribution < 1.29 is 4.79 Å². The predicted molar refractivity (Wildman–Crippen MR) is 73.3 cm³/mol. The molecule has 0 saturated heterocycles. The molecule has 0 aliphatic heterocycles. The maximum atomic E-state index is 12.1. The van der Waals surface area contributed by atoms with Crippen molar-refractivity contribution in [2.24, 2.45) is 11.8 Å². The molecule has 0 aromatic rings. The SMILES string of the molecule is CC(C)CC(CCl)NC(=O)C1CCCCCC1. The van der Waals surface area contributed by atoms with E-state index in [0.29, 0.717) is 11.8 Å². The van der Waals surface area contributed by atoms with Crippen molar-refractivity contribution >= 4 is 17.5 Å². The number of alkyl halides is 1. The number of halogens is 1. The van der Waals surface area contributed by atoms with E-state index in [-0.39, 0.29) is 17.9 Å². The summed E-state index contributed by atoms with van der Waals surface area (Å²) in [5, 5.41) is 3.12. The standard InChI is InChI=1S/C14H26ClNO/c1-11(2)9-13(10-15)16-14(17)12-7-5-3-4-6-8-12/h11-13H,3-10H2,1-2H3,(H,16,17). The topological polar surface area (TPSA) is 29.1 Å². The molecule has 0 aromatic heterocycles. The molecule has 1 N–H and O–H groups in total. The summed E-state index contributed by atoms with van der Waals surface area (Å²) < 4.78 is 0. The zero-order valence-corrected chi connectivity index (χ0v) is 11.9. The van der Waals surface area contributed by atoms with Crippen molar-refractivity contribution in [2.45, 2.75) is 64.8 Å². The summed E-state index contributed by atoms with van der Waals surface area (Å²) in [4.78, 5) is 12.1. The molecule has 100 valence electrons. The van der Waals surface area contributed by atoms with Gasteiger partial charge in [-0.3, -0.25) is 4.79 Å². The van der Waals surface area contributed by atoms with E-state index in [1.54, 1.807) is 0 Å². The smallest absolute Gasteiger partial charge is 0.223 e. The number of carbonyl (C=O) groups is 1. The van der Waals surface area contributed by atoms with Gasteiger partial charge < -0.3 is 5.32 Å². The first kappa shape index (κ1) is 14.8. The molecule has 1 amide bonds. The Morgan fingerprint density at radius 3 is 2.29 bits per heavy atom. The average molecular weight is 260 g/mol. The Hall–Kier alpha value is -0.240. The first-order valence-corrected chi connectivity index (χ1v) is 7.53. The van der Waals surface area contributed by atoms with Gasteiger partial charge in [0.25, 0.3) is 0 Å². The Morgan fingerprint density at radius 1 is 1.24 bits per heavy atom. The molecule has 1 atom stereocenters. The molecule has 17 heavy (non-hydrogen) atoms. The Kier molecular flexibility index (Phi) is 6.94. The van der Waals surface area contributed by atoms with Gasteiger partial charge >= 0.3 is 0 Å². The molecule has 1 aliphatic rings. The van der Waals surface area contributed by atoms with Crippen LogP contribution in [0.2, 0.25) is 0 Å². The van der Waals surface area contributed by atoms with E-state index < -0.39 is 0 Å². The van der Waals surface area contributed by atoms with Crippen LogP contribution in [0.4, 0.5) is 0 Å². The van der Waals surface area contributed by atoms with Crippen LogP contribution in [0.1, 0.15) is 58.8 Å². The summed E-state index contributed by atoms with van der Waals surface area (Å²) in [5.74, 6) is 1.57. The number of rotatable bonds is 5. The molecule has 1 saturated carbocycles. The minimum atomic E-state index is 0.146. The maximum absolute atomic E-state index is 12.1. The van der Waals surface area contributed by atoms with E-state index in [0.717, 1.165) is 19.3 Å². The van der Waals surface area contributed by atoms with Crippen LogP contribution < -0.4 is 5.32 Å². The lowest BCUT2D eigenvalue weighted by Gasteiger charge is -2.21. The van der Waals surface area contributed by atoms with Gasteiger partial charge in [0.15, 0.2) is 0 Å². The second kappa shape index (κ2) is 7.97. The summed E-state index contributed by atoms with van der Waals surface area (Å²) in [5.41, 5.74) is 0. The molecule has 0 bridgehead atoms. The van der Waals surface area contributed by atoms with E-state index in [1.165, 1.54) is 25.7 Å². The van der Waals surface area contributed by atoms with Crippen LogP contribution in [-0.4, -0.2) is 17.8 Å². The molecule has 0 spiro atoms. The average Bonchev–Trinajstić information content (AvgIpc) is 2.55. The van der Waals surface area contributed by atoms with Crippen LogP contribution in [-0.2, 0) is 4.79 Å². The second-order valence-electron chi connectivity index (χ2n) is 5.68. The van der Waals surface area contributed by atoms with Gasteiger partial charge in [0.2, 0.25) is 5.91 Å². The quantitative estimate of drug-likeness (QED) is 0.592. The molecule has 3 heteroatoms. The van der Waals surface area contributed by atoms with Gasteiger partial charge in [-0.1, -0.05) is 39.5 Å². The van der Waals surface area contributed by atoms with Crippen molar-refractivity contribution in [2.75, 3.05) is 5.88 Å². The zero-order chi connectivity index (χ0) is 12.7. The van der Waals surface area contributed by atoms with Crippen molar-refractivity contribution in [1.29, 1.82) is 0 Å². The molecule has 0 aromatic carbocycles. The molecular formula is C14H26ClNO. The van der Waals surface area contributed by atoms with E-state index in [1.807, 2.05) is 0 Å². The fraction of sp³-hybridized carbons (Fsp3) is 0.929. The van der Waals surface area contributed by atoms with Gasteiger partial charge in [0.05, 0.1) is 0 Å². The van der Waals surface area contributed by atoms with Crippen LogP contribution in [0.5, 0.6) is 0 Å². The van der Waals surface area contributed by atoms with Crippen LogP contribution in [0.25, 0.3) is 0 Å². The minimum absolute atomic E-state index is 0.146. The van der Waals surface area contributed by atoms with Gasteiger partial charge in [-0.15, -0.1) is 11.6 Å². The molecule has 1 fully saturated rings. The van der Waals surface area contributed by atoms with Crippen molar-refractivity contribution in [1.82, 2.24) is 5.32 Å². The van der Waals surface area contributed by atoms with E-state index in [2.05, 4.69) is 19.2 Å². The number of nitrogens with one attached hydrogen (secondary N) is 1. The highest BCUT2D eigenvalue weighted by atomic mass is 35.5. The van der Waals surface area contributed by atoms with Crippen molar-refractivity contribution in [3.63, 3.8) is 0 Å². The lowest BCUT2D eigenvalue weighted by Crippen LogP contribution is -2.40. The molecule has 1 unspecified atom stereocenters. The number of carbonyl (C=O) groups excluding carboxylic acids is 1. The number of hydrogen-bond donors (Lipinski definition) is 1. The highest BCUT2D eigenvalue weighted by molar-refractivity contribution is 6.18. The second-order valence-corrected chi connectivity index (χ2v) is 5.99. The fourth-order valence-corrected chi connectivity index (χ4v) is 2.79. The molecule has 0 heterocycles. The van der Waals surface area contributed by atoms with Crippen molar-refractivity contribution in [3.05, 3.63) is 0 Å². The highest BCUT2D eigenvalue weighted by Gasteiger charge is 2.22. The molecular weight excluding hydrogens is 234 g/mol. The van der Waals surface area contributed by atoms with E-state index >= 15 is 0 Å². The first-order chi connectivity index (χ1) is 8.13. The molecule has 1 rings (SSSR count). The Morgan fingerprint density at radius 2 is 1.82 bits per heavy atom. The summed E-state index contributed by atoms with van der Waals surface area (Å²) in [7, 11) is 0. The summed E-state index contributed by atoms with van der Waals surface area (Å²) in [6.07, 6.45) is 8.07. The highest BCUT2D eigenvalue weighted by Crippen LogP contribution is 2.23. The number of amides is 1. The minimum Gasteiger partial charge on any atom is -0.352 e. The van der Waals surface area contributed by atoms with Gasteiger partial charge in [-0.05, 0) is 25.2 Å². The van der Waals surface area contributed by atoms with Gasteiger partial charge in [-0.2, -0.15) is 0 Å². The van der Waals surface area contributed by atoms with Gasteiger partial charge in [0, 0.05) is 17.8 Å². The first-order valence-electron chi connectivity index (χ1n) is 6.99. The largest absolute Gasteiger partial charge is 0.352 e. The van der Waals surface area contributed by atoms with E-state index in [4.69, 9.17) is 11.6 Å². The van der Waals surface area contributed by atoms with Crippen LogP contribution in [0.3, 0.4) is 0 Å². The predicted octanol–water partition coefficient (Wildman–Crippen LogP) is 3.73. The third-order valence-corrected chi connectivity index (χ3v) is 3.89. The zero-order valence-electron chi connectivity index (χ0n) is 11.2. The maximum Gasteiger partial charge on any atom is 0.223 e. The lowest BCUT2D eigenvalue weighted by atomic mass is 9.98. The van der Waals surface area contributed by atoms with Crippen molar-refractivity contribution in [3.8, 4) is 0 Å². The monoisotopic (exact) mass is 259 g/mol. The van der Waals surface area contributed by atoms with Crippen LogP contribution in [0.15, 0.2) is 0 Å². The van der Waals surface area contributed by atoms with Gasteiger partial charge in [-0.25, -0.2) is 0 Å². The Bertz CT molecular complexity index is 222. The van der Waals surface area contributed by atoms with E-state index in [9.17, 15) is 4.79 Å². The fourth-order valence-electron chi connectivity index (χ4n) is 2.59. The van der Waals surface area contributed by atoms with Crippen LogP contribution in [0, 0.1) is 11.8 Å². The normalized spacial score (nSPS) is 20.0. The van der Waals surface area contributed by atoms with Gasteiger partial charge in [0.1, 0.15) is 0 Å². The van der Waals surface area contributed by atoms with Crippen LogP contribution >= 0.6 is 11.6 Å². The Balaban J connectivity index is 2.39. The summed E-state index contributed by atoms with van der Waals surface area (Å²) in [6.45, 7) is 4.33. The Labute approximate surface area is 110 Å². The molecule has 2 nitrogen and oxygen atoms in total. The molecule has 0 radical (unpaired) electrons. The third kappa shape index (κ3) is 5.76. The summed E-state index contributed by atoms with van der Waals surface area (Å²) in [6, 6.07) is 0.146. The number of hydrogen-bond acceptors (Lipinski definition) is 1. The molecule has 1 aliphatic carbocycles.